The van der Waals surface area contributed by atoms with Crippen LogP contribution < -0.4 is 9.47 Å². The number of fused-ring (bicyclic) bond motifs is 1. The van der Waals surface area contributed by atoms with Crippen molar-refractivity contribution in [2.45, 2.75) is 12.5 Å². The molecule has 0 radical (unpaired) electrons. The minimum atomic E-state index is -0.378. The normalized spacial score (nSPS) is 11.8. The molecule has 152 valence electrons. The fraction of sp³-hybridized carbons (Fsp3) is 0.160. The molecular weight excluding hydrogens is 394 g/mol. The molecule has 0 fully saturated rings. The lowest BCUT2D eigenvalue weighted by Gasteiger charge is -2.23. The molecular formula is C25H23NO3S. The molecule has 4 aromatic rings. The van der Waals surface area contributed by atoms with Crippen LogP contribution in [0, 0.1) is 0 Å². The molecule has 0 unspecified atom stereocenters. The van der Waals surface area contributed by atoms with E-state index in [0.29, 0.717) is 18.7 Å². The number of carbonyl (C=O) groups excluding carboxylic acids is 1. The van der Waals surface area contributed by atoms with Gasteiger partial charge in [0.1, 0.15) is 17.6 Å². The summed E-state index contributed by atoms with van der Waals surface area (Å²) in [6.45, 7) is 0.513. The second kappa shape index (κ2) is 9.46. The highest BCUT2D eigenvalue weighted by molar-refractivity contribution is 7.10. The first-order valence-electron chi connectivity index (χ1n) is 9.86. The van der Waals surface area contributed by atoms with Crippen LogP contribution in [-0.2, 0) is 0 Å². The Balaban J connectivity index is 1.46. The molecule has 1 amide bonds. The predicted molar refractivity (Wildman–Crippen MR) is 121 cm³/mol. The Labute approximate surface area is 180 Å². The summed E-state index contributed by atoms with van der Waals surface area (Å²) >= 11 is 1.66. The van der Waals surface area contributed by atoms with Gasteiger partial charge < -0.3 is 14.4 Å². The molecule has 5 heteroatoms. The number of ether oxygens (including phenoxy) is 2. The molecule has 4 rings (SSSR count). The van der Waals surface area contributed by atoms with Crippen LogP contribution in [0.4, 0.5) is 4.79 Å². The zero-order valence-corrected chi connectivity index (χ0v) is 17.5. The van der Waals surface area contributed by atoms with Gasteiger partial charge in [-0.1, -0.05) is 60.7 Å². The first-order chi connectivity index (χ1) is 14.7. The van der Waals surface area contributed by atoms with E-state index in [2.05, 4.69) is 24.3 Å². The molecule has 0 aliphatic heterocycles. The summed E-state index contributed by atoms with van der Waals surface area (Å²) in [7, 11) is 1.74. The molecule has 0 aliphatic carbocycles. The number of hydrogen-bond acceptors (Lipinski definition) is 4. The average molecular weight is 418 g/mol. The minimum absolute atomic E-state index is 0.150. The number of para-hydroxylation sites is 1. The van der Waals surface area contributed by atoms with Crippen molar-refractivity contribution in [3.63, 3.8) is 0 Å². The molecule has 0 bridgehead atoms. The molecule has 4 nitrogen and oxygen atoms in total. The number of hydrogen-bond donors (Lipinski definition) is 0. The quantitative estimate of drug-likeness (QED) is 0.343. The molecule has 1 aromatic heterocycles. The van der Waals surface area contributed by atoms with Gasteiger partial charge in [-0.3, -0.25) is 0 Å². The van der Waals surface area contributed by atoms with Gasteiger partial charge in [-0.25, -0.2) is 4.79 Å². The lowest BCUT2D eigenvalue weighted by atomic mass is 10.1. The zero-order valence-electron chi connectivity index (χ0n) is 16.7. The van der Waals surface area contributed by atoms with E-state index in [1.807, 2.05) is 53.9 Å². The van der Waals surface area contributed by atoms with Gasteiger partial charge in [-0.05, 0) is 35.0 Å². The zero-order chi connectivity index (χ0) is 20.8. The highest BCUT2D eigenvalue weighted by atomic mass is 32.1. The Morgan fingerprint density at radius 1 is 0.933 bits per heavy atom. The number of benzene rings is 3. The lowest BCUT2D eigenvalue weighted by molar-refractivity contribution is 0.147. The van der Waals surface area contributed by atoms with E-state index in [1.54, 1.807) is 35.4 Å². The van der Waals surface area contributed by atoms with Crippen LogP contribution in [0.25, 0.3) is 10.8 Å². The maximum absolute atomic E-state index is 12.4. The molecule has 30 heavy (non-hydrogen) atoms. The minimum Gasteiger partial charge on any atom is -0.484 e. The van der Waals surface area contributed by atoms with E-state index in [-0.39, 0.29) is 12.2 Å². The van der Waals surface area contributed by atoms with Crippen LogP contribution in [0.5, 0.6) is 11.5 Å². The number of nitrogens with zero attached hydrogens (tertiary/aromatic N) is 1. The second-order valence-electron chi connectivity index (χ2n) is 6.99. The third-order valence-corrected chi connectivity index (χ3v) is 5.83. The van der Waals surface area contributed by atoms with E-state index in [1.165, 1.54) is 0 Å². The van der Waals surface area contributed by atoms with Crippen molar-refractivity contribution < 1.29 is 14.3 Å². The van der Waals surface area contributed by atoms with Crippen molar-refractivity contribution in [1.82, 2.24) is 4.90 Å². The first-order valence-corrected chi connectivity index (χ1v) is 10.7. The van der Waals surface area contributed by atoms with Crippen LogP contribution in [0.3, 0.4) is 0 Å². The molecule has 0 saturated heterocycles. The van der Waals surface area contributed by atoms with E-state index >= 15 is 0 Å². The van der Waals surface area contributed by atoms with Crippen molar-refractivity contribution in [2.75, 3.05) is 13.6 Å². The van der Waals surface area contributed by atoms with Gasteiger partial charge in [0.05, 0.1) is 0 Å². The van der Waals surface area contributed by atoms with E-state index in [0.717, 1.165) is 21.4 Å². The number of thiophene rings is 1. The molecule has 0 spiro atoms. The predicted octanol–water partition coefficient (Wildman–Crippen LogP) is 6.54. The molecule has 1 atom stereocenters. The van der Waals surface area contributed by atoms with Crippen LogP contribution in [0.1, 0.15) is 17.4 Å². The molecule has 3 aromatic carbocycles. The summed E-state index contributed by atoms with van der Waals surface area (Å²) in [5.41, 5.74) is 0. The van der Waals surface area contributed by atoms with Gasteiger partial charge in [0.25, 0.3) is 0 Å². The molecule has 0 aliphatic rings. The van der Waals surface area contributed by atoms with Crippen molar-refractivity contribution in [1.29, 1.82) is 0 Å². The van der Waals surface area contributed by atoms with Crippen molar-refractivity contribution in [3.8, 4) is 11.5 Å². The highest BCUT2D eigenvalue weighted by Gasteiger charge is 2.19. The standard InChI is InChI=1S/C25H23NO3S/c1-26(25(27)28-20-11-3-2-4-12-20)17-16-23(24-15-8-18-30-24)29-22-14-7-10-19-9-5-6-13-21(19)22/h2-15,18,23H,16-17H2,1H3/t23-/m1/s1. The second-order valence-corrected chi connectivity index (χ2v) is 7.97. The van der Waals surface area contributed by atoms with Crippen molar-refractivity contribution in [2.24, 2.45) is 0 Å². The van der Waals surface area contributed by atoms with Crippen LogP contribution in [-0.4, -0.2) is 24.6 Å². The monoisotopic (exact) mass is 417 g/mol. The summed E-state index contributed by atoms with van der Waals surface area (Å²) in [5.74, 6) is 1.39. The first kappa shape index (κ1) is 20.0. The topological polar surface area (TPSA) is 38.8 Å². The molecule has 1 heterocycles. The highest BCUT2D eigenvalue weighted by Crippen LogP contribution is 2.33. The number of rotatable bonds is 7. The average Bonchev–Trinajstić information content (AvgIpc) is 3.32. The Morgan fingerprint density at radius 3 is 2.50 bits per heavy atom. The summed E-state index contributed by atoms with van der Waals surface area (Å²) in [4.78, 5) is 15.1. The van der Waals surface area contributed by atoms with Crippen molar-refractivity contribution in [3.05, 3.63) is 95.2 Å². The maximum atomic E-state index is 12.4. The Hall–Kier alpha value is -3.31. The largest absolute Gasteiger partial charge is 0.484 e. The lowest BCUT2D eigenvalue weighted by Crippen LogP contribution is -2.31. The third kappa shape index (κ3) is 4.81. The summed E-state index contributed by atoms with van der Waals surface area (Å²) in [6.07, 6.45) is 0.128. The van der Waals surface area contributed by atoms with Crippen LogP contribution >= 0.6 is 11.3 Å². The van der Waals surface area contributed by atoms with Gasteiger partial charge >= 0.3 is 6.09 Å². The fourth-order valence-electron chi connectivity index (χ4n) is 3.25. The Bertz CT molecular complexity index is 1090. The number of amides is 1. The van der Waals surface area contributed by atoms with Crippen molar-refractivity contribution >= 4 is 28.2 Å². The van der Waals surface area contributed by atoms with Gasteiger partial charge in [-0.15, -0.1) is 11.3 Å². The summed E-state index contributed by atoms with van der Waals surface area (Å²) in [5, 5.41) is 4.27. The summed E-state index contributed by atoms with van der Waals surface area (Å²) in [6, 6.07) is 27.5. The Morgan fingerprint density at radius 2 is 1.70 bits per heavy atom. The molecule has 0 saturated carbocycles. The van der Waals surface area contributed by atoms with Crippen LogP contribution in [0.15, 0.2) is 90.3 Å². The SMILES string of the molecule is CN(CC[C@@H](Oc1cccc2ccccc12)c1cccs1)C(=O)Oc1ccccc1. The number of carbonyl (C=O) groups is 1. The van der Waals surface area contributed by atoms with Gasteiger partial charge in [0.2, 0.25) is 0 Å². The van der Waals surface area contributed by atoms with Gasteiger partial charge in [0, 0.05) is 30.3 Å². The molecule has 0 N–H and O–H groups in total. The van der Waals surface area contributed by atoms with E-state index < -0.39 is 0 Å². The third-order valence-electron chi connectivity index (χ3n) is 4.87. The van der Waals surface area contributed by atoms with E-state index in [9.17, 15) is 4.79 Å². The summed E-state index contributed by atoms with van der Waals surface area (Å²) < 4.78 is 11.9. The van der Waals surface area contributed by atoms with Gasteiger partial charge in [0.15, 0.2) is 0 Å². The maximum Gasteiger partial charge on any atom is 0.414 e. The smallest absolute Gasteiger partial charge is 0.414 e. The van der Waals surface area contributed by atoms with E-state index in [4.69, 9.17) is 9.47 Å². The van der Waals surface area contributed by atoms with Gasteiger partial charge in [-0.2, -0.15) is 0 Å². The fourth-order valence-corrected chi connectivity index (χ4v) is 4.04. The van der Waals surface area contributed by atoms with Crippen LogP contribution in [0.2, 0.25) is 0 Å². The Kier molecular flexibility index (Phi) is 6.30.